The zero-order valence-electron chi connectivity index (χ0n) is 18.9. The van der Waals surface area contributed by atoms with Crippen molar-refractivity contribution >= 4 is 23.2 Å². The van der Waals surface area contributed by atoms with E-state index in [0.29, 0.717) is 36.7 Å². The predicted octanol–water partition coefficient (Wildman–Crippen LogP) is 3.63. The molecule has 1 saturated heterocycles. The molecule has 5 rings (SSSR count). The van der Waals surface area contributed by atoms with Crippen LogP contribution >= 0.6 is 11.3 Å². The van der Waals surface area contributed by atoms with Gasteiger partial charge in [-0.2, -0.15) is 0 Å². The molecule has 172 valence electrons. The Labute approximate surface area is 201 Å². The first-order valence-corrected chi connectivity index (χ1v) is 11.8. The highest BCUT2D eigenvalue weighted by Crippen LogP contribution is 2.36. The molecule has 8 nitrogen and oxygen atoms in total. The number of rotatable bonds is 6. The monoisotopic (exact) mass is 472 g/mol. The lowest BCUT2D eigenvalue weighted by molar-refractivity contribution is -0.143. The number of pyridine rings is 1. The number of hydrogen-bond donors (Lipinski definition) is 2. The molecule has 1 aromatic carbocycles. The first kappa shape index (κ1) is 22.1. The molecule has 0 bridgehead atoms. The maximum absolute atomic E-state index is 12.5. The van der Waals surface area contributed by atoms with Gasteiger partial charge in [0.1, 0.15) is 10.7 Å². The lowest BCUT2D eigenvalue weighted by Gasteiger charge is -2.21. The van der Waals surface area contributed by atoms with E-state index in [9.17, 15) is 9.90 Å². The SMILES string of the molecule is Cc1cccnc1CNc1nccc(-c2csc(-c3cccc([C@]4(O)CCN(C)C4=O)c3)n2)n1. The molecular weight excluding hydrogens is 448 g/mol. The van der Waals surface area contributed by atoms with E-state index in [1.165, 1.54) is 11.3 Å². The van der Waals surface area contributed by atoms with Gasteiger partial charge in [0.2, 0.25) is 5.95 Å². The predicted molar refractivity (Wildman–Crippen MR) is 131 cm³/mol. The van der Waals surface area contributed by atoms with Gasteiger partial charge >= 0.3 is 0 Å². The summed E-state index contributed by atoms with van der Waals surface area (Å²) in [5, 5.41) is 17.0. The zero-order valence-corrected chi connectivity index (χ0v) is 19.7. The summed E-state index contributed by atoms with van der Waals surface area (Å²) in [6.45, 7) is 3.08. The van der Waals surface area contributed by atoms with Crippen LogP contribution in [0.2, 0.25) is 0 Å². The summed E-state index contributed by atoms with van der Waals surface area (Å²) < 4.78 is 0. The van der Waals surface area contributed by atoms with E-state index >= 15 is 0 Å². The van der Waals surface area contributed by atoms with Gasteiger partial charge in [0, 0.05) is 43.4 Å². The number of likely N-dealkylation sites (N-methyl/N-ethyl adjacent to an activating group) is 1. The average molecular weight is 473 g/mol. The minimum Gasteiger partial charge on any atom is -0.375 e. The van der Waals surface area contributed by atoms with Crippen LogP contribution in [0.3, 0.4) is 0 Å². The summed E-state index contributed by atoms with van der Waals surface area (Å²) in [5.74, 6) is 0.233. The molecule has 9 heteroatoms. The highest BCUT2D eigenvalue weighted by atomic mass is 32.1. The van der Waals surface area contributed by atoms with Gasteiger partial charge in [0.25, 0.3) is 5.91 Å². The van der Waals surface area contributed by atoms with Gasteiger partial charge in [0.15, 0.2) is 5.60 Å². The number of likely N-dealkylation sites (tertiary alicyclic amines) is 1. The Bertz CT molecular complexity index is 1360. The van der Waals surface area contributed by atoms with Crippen LogP contribution in [0.25, 0.3) is 22.0 Å². The normalized spacial score (nSPS) is 17.9. The second kappa shape index (κ2) is 8.92. The van der Waals surface area contributed by atoms with Crippen molar-refractivity contribution in [3.8, 4) is 22.0 Å². The molecule has 4 aromatic rings. The number of carbonyl (C=O) groups is 1. The molecule has 34 heavy (non-hydrogen) atoms. The summed E-state index contributed by atoms with van der Waals surface area (Å²) >= 11 is 1.49. The number of nitrogens with one attached hydrogen (secondary N) is 1. The number of benzene rings is 1. The fraction of sp³-hybridized carbons (Fsp3) is 0.240. The van der Waals surface area contributed by atoms with E-state index < -0.39 is 5.60 Å². The number of anilines is 1. The van der Waals surface area contributed by atoms with Gasteiger partial charge in [-0.1, -0.05) is 24.3 Å². The van der Waals surface area contributed by atoms with E-state index in [1.807, 2.05) is 48.7 Å². The first-order chi connectivity index (χ1) is 16.4. The van der Waals surface area contributed by atoms with Crippen LogP contribution in [0.1, 0.15) is 23.2 Å². The molecule has 1 aliphatic heterocycles. The third-order valence-electron chi connectivity index (χ3n) is 6.05. The number of nitrogens with zero attached hydrogens (tertiary/aromatic N) is 5. The smallest absolute Gasteiger partial charge is 0.258 e. The van der Waals surface area contributed by atoms with Crippen LogP contribution in [-0.2, 0) is 16.9 Å². The van der Waals surface area contributed by atoms with Crippen molar-refractivity contribution < 1.29 is 9.90 Å². The molecule has 0 spiro atoms. The highest BCUT2D eigenvalue weighted by molar-refractivity contribution is 7.13. The van der Waals surface area contributed by atoms with Crippen LogP contribution in [0.4, 0.5) is 5.95 Å². The average Bonchev–Trinajstić information content (AvgIpc) is 3.46. The standard InChI is InChI=1S/C25H24N6O2S/c1-16-5-4-10-26-20(16)14-28-24-27-11-8-19(30-24)21-15-34-22(29-21)17-6-3-7-18(13-17)25(33)9-12-31(2)23(25)32/h3-8,10-11,13,15,33H,9,12,14H2,1-2H3,(H,27,28,30)/t25-/m1/s1. The molecule has 0 aliphatic carbocycles. The second-order valence-electron chi connectivity index (χ2n) is 8.34. The second-order valence-corrected chi connectivity index (χ2v) is 9.20. The van der Waals surface area contributed by atoms with Crippen molar-refractivity contribution in [3.63, 3.8) is 0 Å². The van der Waals surface area contributed by atoms with Gasteiger partial charge in [-0.05, 0) is 36.2 Å². The summed E-state index contributed by atoms with van der Waals surface area (Å²) in [5.41, 5.74) is 3.45. The quantitative estimate of drug-likeness (QED) is 0.442. The van der Waals surface area contributed by atoms with Gasteiger partial charge in [-0.3, -0.25) is 9.78 Å². The number of carbonyl (C=O) groups excluding carboxylic acids is 1. The highest BCUT2D eigenvalue weighted by Gasteiger charge is 2.45. The number of aryl methyl sites for hydroxylation is 1. The molecule has 3 aromatic heterocycles. The molecule has 1 aliphatic rings. The Hall–Kier alpha value is -3.69. The van der Waals surface area contributed by atoms with Crippen LogP contribution in [0, 0.1) is 6.92 Å². The summed E-state index contributed by atoms with van der Waals surface area (Å²) in [6.07, 6.45) is 3.85. The molecule has 1 atom stereocenters. The van der Waals surface area contributed by atoms with Crippen LogP contribution < -0.4 is 5.32 Å². The Morgan fingerprint density at radius 2 is 2.00 bits per heavy atom. The maximum Gasteiger partial charge on any atom is 0.258 e. The van der Waals surface area contributed by atoms with E-state index in [4.69, 9.17) is 4.98 Å². The molecule has 2 N–H and O–H groups in total. The topological polar surface area (TPSA) is 104 Å². The van der Waals surface area contributed by atoms with E-state index in [2.05, 4.69) is 20.3 Å². The third kappa shape index (κ3) is 4.15. The van der Waals surface area contributed by atoms with Gasteiger partial charge in [-0.15, -0.1) is 11.3 Å². The number of aromatic nitrogens is 4. The minimum atomic E-state index is -1.48. The largest absolute Gasteiger partial charge is 0.375 e. The minimum absolute atomic E-state index is 0.272. The fourth-order valence-electron chi connectivity index (χ4n) is 4.01. The van der Waals surface area contributed by atoms with E-state index in [-0.39, 0.29) is 5.91 Å². The number of aliphatic hydroxyl groups is 1. The van der Waals surface area contributed by atoms with Crippen LogP contribution in [-0.4, -0.2) is 49.4 Å². The van der Waals surface area contributed by atoms with E-state index in [1.54, 1.807) is 30.4 Å². The molecular formula is C25H24N6O2S. The van der Waals surface area contributed by atoms with Gasteiger partial charge in [0.05, 0.1) is 17.9 Å². The first-order valence-electron chi connectivity index (χ1n) is 11.0. The van der Waals surface area contributed by atoms with Crippen molar-refractivity contribution in [1.29, 1.82) is 0 Å². The van der Waals surface area contributed by atoms with Crippen molar-refractivity contribution in [2.75, 3.05) is 18.9 Å². The van der Waals surface area contributed by atoms with Crippen molar-refractivity contribution in [1.82, 2.24) is 24.8 Å². The fourth-order valence-corrected chi connectivity index (χ4v) is 4.82. The summed E-state index contributed by atoms with van der Waals surface area (Å²) in [6, 6.07) is 13.2. The molecule has 1 amide bonds. The van der Waals surface area contributed by atoms with Crippen molar-refractivity contribution in [3.05, 3.63) is 77.1 Å². The van der Waals surface area contributed by atoms with Gasteiger partial charge in [-0.25, -0.2) is 15.0 Å². The van der Waals surface area contributed by atoms with Crippen LogP contribution in [0.5, 0.6) is 0 Å². The molecule has 1 fully saturated rings. The molecule has 4 heterocycles. The van der Waals surface area contributed by atoms with Gasteiger partial charge < -0.3 is 15.3 Å². The lowest BCUT2D eigenvalue weighted by Crippen LogP contribution is -2.36. The number of hydrogen-bond acceptors (Lipinski definition) is 8. The Balaban J connectivity index is 1.36. The third-order valence-corrected chi connectivity index (χ3v) is 6.94. The zero-order chi connectivity index (χ0) is 23.7. The maximum atomic E-state index is 12.5. The molecule has 0 saturated carbocycles. The Morgan fingerprint density at radius 3 is 2.79 bits per heavy atom. The lowest BCUT2D eigenvalue weighted by atomic mass is 9.91. The van der Waals surface area contributed by atoms with E-state index in [0.717, 1.165) is 27.5 Å². The Morgan fingerprint density at radius 1 is 1.12 bits per heavy atom. The molecule has 0 unspecified atom stereocenters. The number of amides is 1. The number of thiazole rings is 1. The van der Waals surface area contributed by atoms with Crippen molar-refractivity contribution in [2.24, 2.45) is 0 Å². The summed E-state index contributed by atoms with van der Waals surface area (Å²) in [4.78, 5) is 32.1. The van der Waals surface area contributed by atoms with Crippen LogP contribution in [0.15, 0.2) is 60.2 Å². The molecule has 0 radical (unpaired) electrons. The Kier molecular flexibility index (Phi) is 5.80. The summed E-state index contributed by atoms with van der Waals surface area (Å²) in [7, 11) is 1.71. The van der Waals surface area contributed by atoms with Crippen molar-refractivity contribution in [2.45, 2.75) is 25.5 Å².